The fourth-order valence-electron chi connectivity index (χ4n) is 3.22. The quantitative estimate of drug-likeness (QED) is 0.143. The first kappa shape index (κ1) is 26.0. The number of non-ortho nitro benzene ring substituents is 2. The zero-order valence-electron chi connectivity index (χ0n) is 19.4. The molecule has 0 saturated heterocycles. The molecule has 0 heterocycles. The molecule has 3 aromatic carbocycles. The molecule has 10 heteroatoms. The standard InChI is InChI=1S/C26H24N2O8/c1-34-24-10-8-20(9-11-24)18-35-14-13-25(12-7-19-5-3-2-4-6-19)36-26(29)21-15-22(27(30)31)17-23(16-21)28(32)33/h2-12,15-17,25H,13-14,18H2,1H3/b12-7+. The van der Waals surface area contributed by atoms with Gasteiger partial charge in [-0.3, -0.25) is 20.2 Å². The van der Waals surface area contributed by atoms with Crippen LogP contribution in [0.2, 0.25) is 0 Å². The molecule has 0 spiro atoms. The first-order valence-corrected chi connectivity index (χ1v) is 10.9. The summed E-state index contributed by atoms with van der Waals surface area (Å²) < 4.78 is 16.4. The summed E-state index contributed by atoms with van der Waals surface area (Å²) in [6.45, 7) is 0.586. The minimum atomic E-state index is -0.917. The van der Waals surface area contributed by atoms with Crippen LogP contribution in [-0.2, 0) is 16.1 Å². The smallest absolute Gasteiger partial charge is 0.339 e. The van der Waals surface area contributed by atoms with Gasteiger partial charge in [0.05, 0.1) is 41.8 Å². The third-order valence-corrected chi connectivity index (χ3v) is 5.10. The molecule has 1 atom stereocenters. The van der Waals surface area contributed by atoms with E-state index in [0.717, 1.165) is 35.1 Å². The number of hydrogen-bond donors (Lipinski definition) is 0. The molecule has 0 aromatic heterocycles. The second-order valence-corrected chi connectivity index (χ2v) is 7.66. The number of carbonyl (C=O) groups is 1. The molecule has 36 heavy (non-hydrogen) atoms. The molecule has 0 saturated carbocycles. The van der Waals surface area contributed by atoms with Gasteiger partial charge in [-0.1, -0.05) is 48.5 Å². The van der Waals surface area contributed by atoms with Crippen LogP contribution in [0.1, 0.15) is 27.9 Å². The highest BCUT2D eigenvalue weighted by Gasteiger charge is 2.22. The van der Waals surface area contributed by atoms with Crippen molar-refractivity contribution >= 4 is 23.4 Å². The zero-order chi connectivity index (χ0) is 25.9. The Balaban J connectivity index is 1.70. The maximum absolute atomic E-state index is 12.8. The Morgan fingerprint density at radius 1 is 0.944 bits per heavy atom. The van der Waals surface area contributed by atoms with Crippen LogP contribution in [0.25, 0.3) is 6.08 Å². The lowest BCUT2D eigenvalue weighted by Crippen LogP contribution is -2.18. The second-order valence-electron chi connectivity index (χ2n) is 7.66. The molecule has 0 aliphatic rings. The van der Waals surface area contributed by atoms with Gasteiger partial charge in [0.1, 0.15) is 11.9 Å². The van der Waals surface area contributed by atoms with E-state index in [9.17, 15) is 25.0 Å². The van der Waals surface area contributed by atoms with Gasteiger partial charge in [0.15, 0.2) is 0 Å². The predicted molar refractivity (Wildman–Crippen MR) is 132 cm³/mol. The van der Waals surface area contributed by atoms with E-state index in [0.29, 0.717) is 13.0 Å². The Hall–Kier alpha value is -4.57. The number of ether oxygens (including phenoxy) is 3. The predicted octanol–water partition coefficient (Wildman–Crippen LogP) is 5.36. The lowest BCUT2D eigenvalue weighted by atomic mass is 10.1. The molecule has 0 bridgehead atoms. The molecule has 0 aliphatic heterocycles. The third kappa shape index (κ3) is 7.74. The Labute approximate surface area is 207 Å². The molecule has 0 fully saturated rings. The molecule has 3 rings (SSSR count). The third-order valence-electron chi connectivity index (χ3n) is 5.10. The fraction of sp³-hybridized carbons (Fsp3) is 0.192. The van der Waals surface area contributed by atoms with Gasteiger partial charge in [-0.2, -0.15) is 0 Å². The molecular formula is C26H24N2O8. The largest absolute Gasteiger partial charge is 0.497 e. The Morgan fingerprint density at radius 2 is 1.58 bits per heavy atom. The number of methoxy groups -OCH3 is 1. The second kappa shape index (κ2) is 12.8. The number of nitrogens with zero attached hydrogens (tertiary/aromatic N) is 2. The van der Waals surface area contributed by atoms with Crippen LogP contribution >= 0.6 is 0 Å². The highest BCUT2D eigenvalue weighted by Crippen LogP contribution is 2.24. The van der Waals surface area contributed by atoms with Gasteiger partial charge >= 0.3 is 5.97 Å². The van der Waals surface area contributed by atoms with Gasteiger partial charge in [0.2, 0.25) is 0 Å². The van der Waals surface area contributed by atoms with Crippen LogP contribution in [-0.4, -0.2) is 35.6 Å². The summed E-state index contributed by atoms with van der Waals surface area (Å²) >= 11 is 0. The van der Waals surface area contributed by atoms with Crippen molar-refractivity contribution in [2.24, 2.45) is 0 Å². The maximum atomic E-state index is 12.8. The highest BCUT2D eigenvalue weighted by molar-refractivity contribution is 5.91. The number of nitro benzene ring substituents is 2. The number of esters is 1. The molecule has 0 aliphatic carbocycles. The summed E-state index contributed by atoms with van der Waals surface area (Å²) in [4.78, 5) is 33.5. The van der Waals surface area contributed by atoms with E-state index in [-0.39, 0.29) is 12.2 Å². The molecule has 186 valence electrons. The average molecular weight is 492 g/mol. The van der Waals surface area contributed by atoms with Crippen LogP contribution in [0.4, 0.5) is 11.4 Å². The summed E-state index contributed by atoms with van der Waals surface area (Å²) in [5.41, 5.74) is 0.385. The number of nitro groups is 2. The Bertz CT molecular complexity index is 1190. The summed E-state index contributed by atoms with van der Waals surface area (Å²) in [7, 11) is 1.59. The van der Waals surface area contributed by atoms with Crippen molar-refractivity contribution < 1.29 is 28.9 Å². The fourth-order valence-corrected chi connectivity index (χ4v) is 3.22. The SMILES string of the molecule is COc1ccc(COCCC(/C=C/c2ccccc2)OC(=O)c2cc([N+](=O)[O-])cc([N+](=O)[O-])c2)cc1. The van der Waals surface area contributed by atoms with Crippen molar-refractivity contribution in [2.75, 3.05) is 13.7 Å². The number of hydrogen-bond acceptors (Lipinski definition) is 8. The van der Waals surface area contributed by atoms with Crippen molar-refractivity contribution in [3.8, 4) is 5.75 Å². The van der Waals surface area contributed by atoms with Crippen LogP contribution in [0.3, 0.4) is 0 Å². The van der Waals surface area contributed by atoms with Crippen molar-refractivity contribution in [3.63, 3.8) is 0 Å². The Kier molecular flexibility index (Phi) is 9.24. The lowest BCUT2D eigenvalue weighted by Gasteiger charge is -2.15. The monoisotopic (exact) mass is 492 g/mol. The Morgan fingerprint density at radius 3 is 2.17 bits per heavy atom. The van der Waals surface area contributed by atoms with Crippen LogP contribution < -0.4 is 4.74 Å². The summed E-state index contributed by atoms with van der Waals surface area (Å²) in [5.74, 6) is -0.183. The summed E-state index contributed by atoms with van der Waals surface area (Å²) in [6.07, 6.45) is 3.00. The van der Waals surface area contributed by atoms with Crippen molar-refractivity contribution in [1.82, 2.24) is 0 Å². The van der Waals surface area contributed by atoms with Gasteiger partial charge in [0, 0.05) is 18.6 Å². The summed E-state index contributed by atoms with van der Waals surface area (Å²) in [5, 5.41) is 22.3. The van der Waals surface area contributed by atoms with Crippen molar-refractivity contribution in [1.29, 1.82) is 0 Å². The molecule has 1 unspecified atom stereocenters. The van der Waals surface area contributed by atoms with E-state index in [1.54, 1.807) is 19.3 Å². The van der Waals surface area contributed by atoms with Crippen LogP contribution in [0.5, 0.6) is 5.75 Å². The molecule has 0 radical (unpaired) electrons. The molecule has 0 N–H and O–H groups in total. The van der Waals surface area contributed by atoms with Crippen molar-refractivity contribution in [2.45, 2.75) is 19.1 Å². The van der Waals surface area contributed by atoms with E-state index in [1.807, 2.05) is 54.6 Å². The van der Waals surface area contributed by atoms with Gasteiger partial charge in [-0.05, 0) is 29.3 Å². The molecule has 3 aromatic rings. The van der Waals surface area contributed by atoms with Gasteiger partial charge in [-0.15, -0.1) is 0 Å². The van der Waals surface area contributed by atoms with E-state index in [4.69, 9.17) is 14.2 Å². The van der Waals surface area contributed by atoms with E-state index in [1.165, 1.54) is 0 Å². The van der Waals surface area contributed by atoms with E-state index in [2.05, 4.69) is 0 Å². The topological polar surface area (TPSA) is 131 Å². The normalized spacial score (nSPS) is 11.7. The van der Waals surface area contributed by atoms with Gasteiger partial charge in [-0.25, -0.2) is 4.79 Å². The summed E-state index contributed by atoms with van der Waals surface area (Å²) in [6, 6.07) is 19.4. The van der Waals surface area contributed by atoms with Crippen molar-refractivity contribution in [3.05, 3.63) is 116 Å². The van der Waals surface area contributed by atoms with Crippen LogP contribution in [0.15, 0.2) is 78.9 Å². The number of benzene rings is 3. The number of rotatable bonds is 12. The minimum Gasteiger partial charge on any atom is -0.497 e. The van der Waals surface area contributed by atoms with E-state index >= 15 is 0 Å². The average Bonchev–Trinajstić information content (AvgIpc) is 2.90. The zero-order valence-corrected chi connectivity index (χ0v) is 19.4. The van der Waals surface area contributed by atoms with Gasteiger partial charge in [0.25, 0.3) is 11.4 Å². The first-order chi connectivity index (χ1) is 17.4. The van der Waals surface area contributed by atoms with Gasteiger partial charge < -0.3 is 14.2 Å². The van der Waals surface area contributed by atoms with Crippen LogP contribution in [0, 0.1) is 20.2 Å². The molecular weight excluding hydrogens is 468 g/mol. The number of carbonyl (C=O) groups excluding carboxylic acids is 1. The highest BCUT2D eigenvalue weighted by atomic mass is 16.6. The maximum Gasteiger partial charge on any atom is 0.339 e. The van der Waals surface area contributed by atoms with E-state index < -0.39 is 33.3 Å². The first-order valence-electron chi connectivity index (χ1n) is 10.9. The molecule has 0 amide bonds. The minimum absolute atomic E-state index is 0.248. The lowest BCUT2D eigenvalue weighted by molar-refractivity contribution is -0.394. The molecule has 10 nitrogen and oxygen atoms in total.